The number of aromatic nitrogens is 2. The van der Waals surface area contributed by atoms with Gasteiger partial charge in [0.25, 0.3) is 5.91 Å². The van der Waals surface area contributed by atoms with Gasteiger partial charge in [-0.1, -0.05) is 25.5 Å². The number of hydrogen-bond acceptors (Lipinski definition) is 3. The summed E-state index contributed by atoms with van der Waals surface area (Å²) in [4.78, 5) is 13.9. The number of H-pyrrole nitrogens is 1. The average molecular weight is 282 g/mol. The fourth-order valence-corrected chi connectivity index (χ4v) is 2.15. The van der Waals surface area contributed by atoms with Crippen molar-refractivity contribution in [2.75, 3.05) is 7.05 Å². The summed E-state index contributed by atoms with van der Waals surface area (Å²) >= 11 is 0. The van der Waals surface area contributed by atoms with E-state index in [0.717, 1.165) is 24.1 Å². The number of amides is 1. The molecule has 0 bridgehead atoms. The summed E-state index contributed by atoms with van der Waals surface area (Å²) in [6.45, 7) is 2.53. The van der Waals surface area contributed by atoms with Crippen LogP contribution in [0.25, 0.3) is 0 Å². The first kappa shape index (κ1) is 14.8. The lowest BCUT2D eigenvalue weighted by molar-refractivity contribution is 0.0779. The molecule has 1 heterocycles. The summed E-state index contributed by atoms with van der Waals surface area (Å²) in [5, 5.41) is 15.8. The van der Waals surface area contributed by atoms with Gasteiger partial charge in [-0.15, -0.1) is 0 Å². The Morgan fingerprint density at radius 2 is 2.24 bits per heavy atom. The Balaban J connectivity index is 2.06. The third-order valence-corrected chi connectivity index (χ3v) is 3.19. The third-order valence-electron chi connectivity index (χ3n) is 3.19. The van der Waals surface area contributed by atoms with E-state index in [1.165, 1.54) is 0 Å². The maximum absolute atomic E-state index is 12.3. The highest BCUT2D eigenvalue weighted by Crippen LogP contribution is 2.10. The van der Waals surface area contributed by atoms with Crippen LogP contribution in [0, 0.1) is 11.3 Å². The van der Waals surface area contributed by atoms with Gasteiger partial charge in [0.1, 0.15) is 5.69 Å². The van der Waals surface area contributed by atoms with Crippen LogP contribution in [0.4, 0.5) is 0 Å². The van der Waals surface area contributed by atoms with Crippen molar-refractivity contribution < 1.29 is 4.79 Å². The van der Waals surface area contributed by atoms with Crippen molar-refractivity contribution in [3.05, 3.63) is 52.8 Å². The summed E-state index contributed by atoms with van der Waals surface area (Å²) in [7, 11) is 1.73. The molecule has 0 aliphatic rings. The molecule has 108 valence electrons. The number of hydrogen-bond donors (Lipinski definition) is 1. The summed E-state index contributed by atoms with van der Waals surface area (Å²) in [6, 6.07) is 11.2. The van der Waals surface area contributed by atoms with E-state index >= 15 is 0 Å². The van der Waals surface area contributed by atoms with Crippen molar-refractivity contribution in [3.63, 3.8) is 0 Å². The standard InChI is InChI=1S/C16H18N4O/c1-3-5-14-9-15(19-18-14)16(21)20(2)11-13-7-4-6-12(8-13)10-17/h4,6-9H,3,5,11H2,1-2H3,(H,18,19). The Morgan fingerprint density at radius 1 is 1.43 bits per heavy atom. The van der Waals surface area contributed by atoms with Crippen LogP contribution >= 0.6 is 0 Å². The first-order valence-corrected chi connectivity index (χ1v) is 6.92. The first-order valence-electron chi connectivity index (χ1n) is 6.92. The van der Waals surface area contributed by atoms with E-state index in [0.29, 0.717) is 17.8 Å². The number of aromatic amines is 1. The number of benzene rings is 1. The molecular formula is C16H18N4O. The highest BCUT2D eigenvalue weighted by molar-refractivity contribution is 5.92. The van der Waals surface area contributed by atoms with Gasteiger partial charge in [-0.05, 0) is 30.2 Å². The Labute approximate surface area is 124 Å². The van der Waals surface area contributed by atoms with Gasteiger partial charge in [-0.2, -0.15) is 10.4 Å². The lowest BCUT2D eigenvalue weighted by Gasteiger charge is -2.15. The van der Waals surface area contributed by atoms with Crippen LogP contribution in [0.3, 0.4) is 0 Å². The van der Waals surface area contributed by atoms with Gasteiger partial charge in [0.2, 0.25) is 0 Å². The molecule has 2 rings (SSSR count). The van der Waals surface area contributed by atoms with E-state index in [-0.39, 0.29) is 5.91 Å². The smallest absolute Gasteiger partial charge is 0.274 e. The third kappa shape index (κ3) is 3.69. The molecular weight excluding hydrogens is 264 g/mol. The van der Waals surface area contributed by atoms with Gasteiger partial charge in [0.15, 0.2) is 0 Å². The maximum atomic E-state index is 12.3. The molecule has 0 saturated carbocycles. The van der Waals surface area contributed by atoms with Crippen molar-refractivity contribution in [3.8, 4) is 6.07 Å². The predicted molar refractivity (Wildman–Crippen MR) is 79.5 cm³/mol. The molecule has 21 heavy (non-hydrogen) atoms. The van der Waals surface area contributed by atoms with Crippen LogP contribution in [0.5, 0.6) is 0 Å². The van der Waals surface area contributed by atoms with E-state index in [9.17, 15) is 4.79 Å². The van der Waals surface area contributed by atoms with Crippen LogP contribution in [-0.2, 0) is 13.0 Å². The number of aryl methyl sites for hydroxylation is 1. The lowest BCUT2D eigenvalue weighted by atomic mass is 10.1. The predicted octanol–water partition coefficient (Wildman–Crippen LogP) is 2.51. The number of nitriles is 1. The largest absolute Gasteiger partial charge is 0.336 e. The molecule has 1 aromatic heterocycles. The molecule has 5 heteroatoms. The molecule has 0 radical (unpaired) electrons. The van der Waals surface area contributed by atoms with Crippen LogP contribution in [0.1, 0.15) is 40.7 Å². The molecule has 0 spiro atoms. The highest BCUT2D eigenvalue weighted by atomic mass is 16.2. The number of nitrogens with zero attached hydrogens (tertiary/aromatic N) is 3. The molecule has 1 N–H and O–H groups in total. The van der Waals surface area contributed by atoms with Crippen LogP contribution in [0.15, 0.2) is 30.3 Å². The second-order valence-electron chi connectivity index (χ2n) is 5.00. The Morgan fingerprint density at radius 3 is 2.95 bits per heavy atom. The summed E-state index contributed by atoms with van der Waals surface area (Å²) < 4.78 is 0. The molecule has 5 nitrogen and oxygen atoms in total. The van der Waals surface area contributed by atoms with Gasteiger partial charge in [0, 0.05) is 19.3 Å². The van der Waals surface area contributed by atoms with E-state index in [2.05, 4.69) is 23.2 Å². The van der Waals surface area contributed by atoms with Gasteiger partial charge in [-0.25, -0.2) is 0 Å². The minimum Gasteiger partial charge on any atom is -0.336 e. The topological polar surface area (TPSA) is 72.8 Å². The number of carbonyl (C=O) groups excluding carboxylic acids is 1. The van der Waals surface area contributed by atoms with Crippen molar-refractivity contribution >= 4 is 5.91 Å². The van der Waals surface area contributed by atoms with Crippen LogP contribution in [-0.4, -0.2) is 28.1 Å². The Hall–Kier alpha value is -2.61. The Kier molecular flexibility index (Phi) is 4.72. The van der Waals surface area contributed by atoms with Gasteiger partial charge in [-0.3, -0.25) is 9.89 Å². The Bertz CT molecular complexity index is 669. The zero-order chi connectivity index (χ0) is 15.2. The lowest BCUT2D eigenvalue weighted by Crippen LogP contribution is -2.26. The first-order chi connectivity index (χ1) is 10.1. The zero-order valence-electron chi connectivity index (χ0n) is 12.3. The maximum Gasteiger partial charge on any atom is 0.274 e. The SMILES string of the molecule is CCCc1cc(C(=O)N(C)Cc2cccc(C#N)c2)n[nH]1. The van der Waals surface area contributed by atoms with Crippen LogP contribution in [0.2, 0.25) is 0 Å². The molecule has 0 fully saturated rings. The summed E-state index contributed by atoms with van der Waals surface area (Å²) in [5.41, 5.74) is 2.92. The molecule has 1 amide bonds. The van der Waals surface area contributed by atoms with E-state index in [1.54, 1.807) is 30.1 Å². The second kappa shape index (κ2) is 6.71. The molecule has 0 saturated heterocycles. The molecule has 0 atom stereocenters. The van der Waals surface area contributed by atoms with E-state index < -0.39 is 0 Å². The van der Waals surface area contributed by atoms with Crippen molar-refractivity contribution in [1.29, 1.82) is 5.26 Å². The molecule has 0 aliphatic heterocycles. The fraction of sp³-hybridized carbons (Fsp3) is 0.312. The molecule has 0 unspecified atom stereocenters. The normalized spacial score (nSPS) is 10.1. The van der Waals surface area contributed by atoms with Gasteiger partial charge >= 0.3 is 0 Å². The minimum atomic E-state index is -0.129. The minimum absolute atomic E-state index is 0.129. The summed E-state index contributed by atoms with van der Waals surface area (Å²) in [6.07, 6.45) is 1.89. The van der Waals surface area contributed by atoms with Crippen molar-refractivity contribution in [2.45, 2.75) is 26.3 Å². The van der Waals surface area contributed by atoms with Crippen molar-refractivity contribution in [2.24, 2.45) is 0 Å². The summed E-state index contributed by atoms with van der Waals surface area (Å²) in [5.74, 6) is -0.129. The number of rotatable bonds is 5. The average Bonchev–Trinajstić information content (AvgIpc) is 2.95. The molecule has 2 aromatic rings. The zero-order valence-corrected chi connectivity index (χ0v) is 12.3. The molecule has 0 aliphatic carbocycles. The van der Waals surface area contributed by atoms with E-state index in [4.69, 9.17) is 5.26 Å². The fourth-order valence-electron chi connectivity index (χ4n) is 2.15. The number of carbonyl (C=O) groups is 1. The van der Waals surface area contributed by atoms with Crippen molar-refractivity contribution in [1.82, 2.24) is 15.1 Å². The monoisotopic (exact) mass is 282 g/mol. The van der Waals surface area contributed by atoms with Gasteiger partial charge < -0.3 is 4.90 Å². The van der Waals surface area contributed by atoms with Crippen LogP contribution < -0.4 is 0 Å². The second-order valence-corrected chi connectivity index (χ2v) is 5.00. The molecule has 1 aromatic carbocycles. The van der Waals surface area contributed by atoms with Gasteiger partial charge in [0.05, 0.1) is 11.6 Å². The quantitative estimate of drug-likeness (QED) is 0.915. The van der Waals surface area contributed by atoms with E-state index in [1.807, 2.05) is 12.1 Å². The highest BCUT2D eigenvalue weighted by Gasteiger charge is 2.15. The number of nitrogens with one attached hydrogen (secondary N) is 1.